The van der Waals surface area contributed by atoms with Crippen LogP contribution < -0.4 is 5.73 Å². The summed E-state index contributed by atoms with van der Waals surface area (Å²) in [6, 6.07) is 0. The van der Waals surface area contributed by atoms with Gasteiger partial charge >= 0.3 is 0 Å². The lowest BCUT2D eigenvalue weighted by molar-refractivity contribution is 0.0582. The van der Waals surface area contributed by atoms with E-state index in [-0.39, 0.29) is 6.10 Å². The Kier molecular flexibility index (Phi) is 7.71. The monoisotopic (exact) mass is 221 g/mol. The summed E-state index contributed by atoms with van der Waals surface area (Å²) < 4.78 is 6.13. The van der Waals surface area contributed by atoms with E-state index < -0.39 is 0 Å². The number of hydrogen-bond donors (Lipinski definition) is 1. The van der Waals surface area contributed by atoms with Crippen LogP contribution in [0.1, 0.15) is 33.6 Å². The van der Waals surface area contributed by atoms with E-state index in [2.05, 4.69) is 13.8 Å². The first kappa shape index (κ1) is 13.2. The molecule has 4 heteroatoms. The van der Waals surface area contributed by atoms with Gasteiger partial charge in [-0.25, -0.2) is 0 Å². The number of thioether (sulfide) groups is 1. The highest BCUT2D eigenvalue weighted by Crippen LogP contribution is 2.22. The molecule has 0 fully saturated rings. The molecule has 0 radical (unpaired) electrons. The third kappa shape index (κ3) is 5.49. The number of nitrogens with two attached hydrogens (primary N) is 1. The van der Waals surface area contributed by atoms with Crippen LogP contribution in [0.5, 0.6) is 0 Å². The molecule has 13 heavy (non-hydrogen) atoms. The maximum Gasteiger partial charge on any atom is 0.131 e. The van der Waals surface area contributed by atoms with Crippen molar-refractivity contribution in [2.75, 3.05) is 6.61 Å². The second kappa shape index (κ2) is 7.59. The van der Waals surface area contributed by atoms with Crippen LogP contribution in [0.2, 0.25) is 0 Å². The molecule has 0 aromatic carbocycles. The molecule has 0 heterocycles. The van der Waals surface area contributed by atoms with Gasteiger partial charge in [-0.2, -0.15) is 0 Å². The average Bonchev–Trinajstić information content (AvgIpc) is 2.10. The smallest absolute Gasteiger partial charge is 0.131 e. The molecular formula is C9H19NOS2. The Morgan fingerprint density at radius 2 is 2.00 bits per heavy atom. The first-order valence-corrected chi connectivity index (χ1v) is 6.02. The quantitative estimate of drug-likeness (QED) is 0.699. The van der Waals surface area contributed by atoms with Crippen LogP contribution in [-0.4, -0.2) is 22.3 Å². The Balaban J connectivity index is 4.07. The number of thiocarbonyl (C=S) groups is 1. The van der Waals surface area contributed by atoms with E-state index in [4.69, 9.17) is 22.7 Å². The first-order chi connectivity index (χ1) is 6.15. The number of ether oxygens (including phenoxy) is 1. The van der Waals surface area contributed by atoms with E-state index in [0.29, 0.717) is 9.57 Å². The summed E-state index contributed by atoms with van der Waals surface area (Å²) in [5, 5.41) is 0.405. The molecule has 2 unspecified atom stereocenters. The Morgan fingerprint density at radius 1 is 1.38 bits per heavy atom. The molecule has 0 aromatic rings. The van der Waals surface area contributed by atoms with Crippen LogP contribution in [-0.2, 0) is 4.74 Å². The standard InChI is InChI=1S/C9H19NOS2/c1-4-7(11-6-3)8(5-2)13-9(10)12/h7-8H,4-6H2,1-3H3,(H2,10,12). The van der Waals surface area contributed by atoms with Crippen LogP contribution in [0, 0.1) is 0 Å². The predicted octanol–water partition coefficient (Wildman–Crippen LogP) is 2.56. The van der Waals surface area contributed by atoms with Gasteiger partial charge in [0.25, 0.3) is 0 Å². The van der Waals surface area contributed by atoms with E-state index in [9.17, 15) is 0 Å². The van der Waals surface area contributed by atoms with E-state index in [0.717, 1.165) is 19.4 Å². The zero-order valence-corrected chi connectivity index (χ0v) is 10.2. The fourth-order valence-electron chi connectivity index (χ4n) is 1.27. The maximum absolute atomic E-state index is 5.61. The Bertz CT molecular complexity index is 153. The van der Waals surface area contributed by atoms with Crippen molar-refractivity contribution in [2.45, 2.75) is 45.0 Å². The molecule has 0 spiro atoms. The van der Waals surface area contributed by atoms with Crippen molar-refractivity contribution in [1.82, 2.24) is 0 Å². The van der Waals surface area contributed by atoms with Gasteiger partial charge in [0.2, 0.25) is 0 Å². The molecule has 0 bridgehead atoms. The summed E-state index contributed by atoms with van der Waals surface area (Å²) >= 11 is 6.43. The van der Waals surface area contributed by atoms with E-state index in [1.54, 1.807) is 11.8 Å². The number of hydrogen-bond acceptors (Lipinski definition) is 3. The summed E-state index contributed by atoms with van der Waals surface area (Å²) in [5.74, 6) is 0. The normalized spacial score (nSPS) is 15.3. The van der Waals surface area contributed by atoms with E-state index in [1.807, 2.05) is 6.92 Å². The summed E-state index contributed by atoms with van der Waals surface area (Å²) in [6.07, 6.45) is 2.34. The minimum Gasteiger partial charge on any atom is -0.385 e. The second-order valence-corrected chi connectivity index (χ2v) is 4.76. The van der Waals surface area contributed by atoms with Gasteiger partial charge in [-0.1, -0.05) is 37.8 Å². The summed E-state index contributed by atoms with van der Waals surface area (Å²) in [6.45, 7) is 7.04. The predicted molar refractivity (Wildman–Crippen MR) is 64.2 cm³/mol. The van der Waals surface area contributed by atoms with Gasteiger partial charge in [0.05, 0.1) is 6.10 Å². The zero-order chi connectivity index (χ0) is 10.3. The molecule has 2 atom stereocenters. The van der Waals surface area contributed by atoms with Crippen LogP contribution in [0.4, 0.5) is 0 Å². The lowest BCUT2D eigenvalue weighted by Gasteiger charge is -2.23. The lowest BCUT2D eigenvalue weighted by Crippen LogP contribution is -2.27. The zero-order valence-electron chi connectivity index (χ0n) is 8.58. The van der Waals surface area contributed by atoms with Gasteiger partial charge < -0.3 is 10.5 Å². The van der Waals surface area contributed by atoms with Crippen LogP contribution in [0.15, 0.2) is 0 Å². The highest BCUT2D eigenvalue weighted by Gasteiger charge is 2.19. The second-order valence-electron chi connectivity index (χ2n) is 2.79. The largest absolute Gasteiger partial charge is 0.385 e. The Hall–Kier alpha value is 0.200. The molecule has 2 nitrogen and oxygen atoms in total. The van der Waals surface area contributed by atoms with Gasteiger partial charge in [0.1, 0.15) is 4.32 Å². The minimum atomic E-state index is 0.279. The molecule has 78 valence electrons. The molecule has 0 saturated heterocycles. The molecule has 0 aromatic heterocycles. The third-order valence-corrected chi connectivity index (χ3v) is 3.33. The van der Waals surface area contributed by atoms with E-state index in [1.165, 1.54) is 0 Å². The lowest BCUT2D eigenvalue weighted by atomic mass is 10.1. The van der Waals surface area contributed by atoms with Crippen molar-refractivity contribution >= 4 is 28.3 Å². The highest BCUT2D eigenvalue weighted by molar-refractivity contribution is 8.23. The molecular weight excluding hydrogens is 202 g/mol. The third-order valence-electron chi connectivity index (χ3n) is 1.87. The maximum atomic E-state index is 5.61. The number of rotatable bonds is 6. The van der Waals surface area contributed by atoms with Crippen molar-refractivity contribution in [3.63, 3.8) is 0 Å². The van der Waals surface area contributed by atoms with Crippen molar-refractivity contribution < 1.29 is 4.74 Å². The SMILES string of the molecule is CCOC(CC)C(CC)SC(N)=S. The van der Waals surface area contributed by atoms with Crippen LogP contribution >= 0.6 is 24.0 Å². The Labute approximate surface area is 90.6 Å². The topological polar surface area (TPSA) is 35.2 Å². The van der Waals surface area contributed by atoms with Gasteiger partial charge in [-0.3, -0.25) is 0 Å². The summed E-state index contributed by atoms with van der Waals surface area (Å²) in [7, 11) is 0. The molecule has 0 aliphatic heterocycles. The summed E-state index contributed by atoms with van der Waals surface area (Å²) in [5.41, 5.74) is 5.50. The van der Waals surface area contributed by atoms with Gasteiger partial charge in [-0.15, -0.1) is 0 Å². The van der Waals surface area contributed by atoms with Crippen molar-refractivity contribution in [1.29, 1.82) is 0 Å². The Morgan fingerprint density at radius 3 is 2.31 bits per heavy atom. The molecule has 2 N–H and O–H groups in total. The highest BCUT2D eigenvalue weighted by atomic mass is 32.2. The van der Waals surface area contributed by atoms with Gasteiger partial charge in [0, 0.05) is 11.9 Å². The van der Waals surface area contributed by atoms with Crippen LogP contribution in [0.25, 0.3) is 0 Å². The van der Waals surface area contributed by atoms with Gasteiger partial charge in [0.15, 0.2) is 0 Å². The molecule has 0 aliphatic carbocycles. The van der Waals surface area contributed by atoms with Crippen molar-refractivity contribution in [2.24, 2.45) is 5.73 Å². The fraction of sp³-hybridized carbons (Fsp3) is 0.889. The molecule has 0 amide bonds. The van der Waals surface area contributed by atoms with Crippen molar-refractivity contribution in [3.8, 4) is 0 Å². The van der Waals surface area contributed by atoms with Crippen molar-refractivity contribution in [3.05, 3.63) is 0 Å². The minimum absolute atomic E-state index is 0.279. The molecule has 0 aliphatic rings. The first-order valence-electron chi connectivity index (χ1n) is 4.73. The van der Waals surface area contributed by atoms with E-state index >= 15 is 0 Å². The van der Waals surface area contributed by atoms with Gasteiger partial charge in [-0.05, 0) is 19.8 Å². The van der Waals surface area contributed by atoms with Crippen LogP contribution in [0.3, 0.4) is 0 Å². The summed E-state index contributed by atoms with van der Waals surface area (Å²) in [4.78, 5) is 0. The fourth-order valence-corrected chi connectivity index (χ4v) is 2.53. The molecule has 0 saturated carbocycles. The molecule has 0 rings (SSSR count). The average molecular weight is 221 g/mol.